The Morgan fingerprint density at radius 1 is 1.04 bits per heavy atom. The summed E-state index contributed by atoms with van der Waals surface area (Å²) in [6.45, 7) is 0.462. The van der Waals surface area contributed by atoms with E-state index in [9.17, 15) is 9.59 Å². The van der Waals surface area contributed by atoms with Gasteiger partial charge in [-0.3, -0.25) is 4.79 Å². The first-order chi connectivity index (χ1) is 12.6. The molecular formula is C21H30O5. The summed E-state index contributed by atoms with van der Waals surface area (Å²) in [6, 6.07) is 0. The van der Waals surface area contributed by atoms with Gasteiger partial charge >= 0.3 is 5.97 Å². The van der Waals surface area contributed by atoms with E-state index in [2.05, 4.69) is 0 Å². The highest BCUT2D eigenvalue weighted by Crippen LogP contribution is 2.38. The Bertz CT molecular complexity index is 565. The molecule has 1 saturated heterocycles. The molecule has 0 radical (unpaired) electrons. The monoisotopic (exact) mass is 362 g/mol. The number of carbonyl (C=O) groups is 2. The summed E-state index contributed by atoms with van der Waals surface area (Å²) >= 11 is 0. The zero-order chi connectivity index (χ0) is 18.4. The molecule has 0 N–H and O–H groups in total. The lowest BCUT2D eigenvalue weighted by Crippen LogP contribution is -2.33. The van der Waals surface area contributed by atoms with Crippen molar-refractivity contribution in [3.8, 4) is 0 Å². The van der Waals surface area contributed by atoms with Crippen LogP contribution < -0.4 is 0 Å². The van der Waals surface area contributed by atoms with Crippen molar-refractivity contribution in [3.63, 3.8) is 0 Å². The molecule has 3 aliphatic rings. The summed E-state index contributed by atoms with van der Waals surface area (Å²) in [7, 11) is 1.31. The van der Waals surface area contributed by atoms with Crippen molar-refractivity contribution in [2.45, 2.75) is 76.1 Å². The number of esters is 1. The number of hydrogen-bond acceptors (Lipinski definition) is 5. The smallest absolute Gasteiger partial charge is 0.341 e. The predicted octanol–water partition coefficient (Wildman–Crippen LogP) is 3.87. The molecule has 3 rings (SSSR count). The summed E-state index contributed by atoms with van der Waals surface area (Å²) in [4.78, 5) is 24.7. The molecule has 1 heterocycles. The first-order valence-electron chi connectivity index (χ1n) is 9.96. The Hall–Kier alpha value is -1.46. The quantitative estimate of drug-likeness (QED) is 0.322. The van der Waals surface area contributed by atoms with Gasteiger partial charge in [-0.25, -0.2) is 4.79 Å². The Morgan fingerprint density at radius 3 is 2.42 bits per heavy atom. The van der Waals surface area contributed by atoms with E-state index in [4.69, 9.17) is 14.2 Å². The van der Waals surface area contributed by atoms with Crippen LogP contribution in [0, 0.1) is 5.92 Å². The molecule has 5 nitrogen and oxygen atoms in total. The van der Waals surface area contributed by atoms with Gasteiger partial charge < -0.3 is 14.2 Å². The van der Waals surface area contributed by atoms with Crippen LogP contribution in [-0.4, -0.2) is 37.4 Å². The van der Waals surface area contributed by atoms with Gasteiger partial charge in [-0.05, 0) is 43.8 Å². The van der Waals surface area contributed by atoms with Crippen molar-refractivity contribution >= 4 is 11.8 Å². The lowest BCUT2D eigenvalue weighted by atomic mass is 9.87. The van der Waals surface area contributed by atoms with Crippen LogP contribution in [0.15, 0.2) is 23.8 Å². The molecule has 0 bridgehead atoms. The fourth-order valence-electron chi connectivity index (χ4n) is 4.21. The van der Waals surface area contributed by atoms with E-state index in [1.165, 1.54) is 26.0 Å². The molecule has 1 aliphatic heterocycles. The van der Waals surface area contributed by atoms with E-state index in [1.54, 1.807) is 6.08 Å². The van der Waals surface area contributed by atoms with E-state index < -0.39 is 11.8 Å². The van der Waals surface area contributed by atoms with Crippen LogP contribution in [0.25, 0.3) is 0 Å². The molecule has 0 aromatic heterocycles. The maximum atomic E-state index is 12.6. The minimum Gasteiger partial charge on any atom is -0.465 e. The van der Waals surface area contributed by atoms with Crippen LogP contribution in [0.4, 0.5) is 0 Å². The highest BCUT2D eigenvalue weighted by Gasteiger charge is 2.41. The Kier molecular flexibility index (Phi) is 6.65. The Morgan fingerprint density at radius 2 is 1.73 bits per heavy atom. The van der Waals surface area contributed by atoms with Gasteiger partial charge in [0.15, 0.2) is 11.6 Å². The fourth-order valence-corrected chi connectivity index (χ4v) is 4.21. The van der Waals surface area contributed by atoms with Crippen molar-refractivity contribution in [2.24, 2.45) is 5.92 Å². The number of carbonyl (C=O) groups excluding carboxylic acids is 2. The van der Waals surface area contributed by atoms with Gasteiger partial charge in [-0.1, -0.05) is 31.8 Å². The second-order valence-electron chi connectivity index (χ2n) is 7.63. The zero-order valence-corrected chi connectivity index (χ0v) is 15.7. The van der Waals surface area contributed by atoms with E-state index in [1.807, 2.05) is 6.08 Å². The number of ketones is 1. The molecule has 0 unspecified atom stereocenters. The highest BCUT2D eigenvalue weighted by atomic mass is 16.7. The van der Waals surface area contributed by atoms with Crippen molar-refractivity contribution in [2.75, 3.05) is 13.7 Å². The van der Waals surface area contributed by atoms with Gasteiger partial charge in [0, 0.05) is 12.8 Å². The third kappa shape index (κ3) is 4.83. The number of allylic oxidation sites excluding steroid dienone is 2. The van der Waals surface area contributed by atoms with Crippen LogP contribution in [0.2, 0.25) is 0 Å². The first-order valence-corrected chi connectivity index (χ1v) is 9.96. The van der Waals surface area contributed by atoms with Gasteiger partial charge in [0.05, 0.1) is 13.7 Å². The topological polar surface area (TPSA) is 61.8 Å². The number of methoxy groups -OCH3 is 1. The number of ether oxygens (including phenoxy) is 3. The summed E-state index contributed by atoms with van der Waals surface area (Å²) in [5.41, 5.74) is 0.141. The maximum Gasteiger partial charge on any atom is 0.341 e. The minimum atomic E-state index is -0.558. The normalized spacial score (nSPS) is 27.1. The molecule has 3 fully saturated rings. The fraction of sp³-hybridized carbons (Fsp3) is 0.714. The predicted molar refractivity (Wildman–Crippen MR) is 97.5 cm³/mol. The molecule has 2 aliphatic carbocycles. The van der Waals surface area contributed by atoms with Crippen molar-refractivity contribution in [3.05, 3.63) is 23.8 Å². The lowest BCUT2D eigenvalue weighted by molar-refractivity contribution is -0.183. The molecule has 144 valence electrons. The molecule has 1 spiro atoms. The van der Waals surface area contributed by atoms with Gasteiger partial charge in [-0.15, -0.1) is 0 Å². The lowest BCUT2D eigenvalue weighted by Gasteiger charge is -2.31. The third-order valence-electron chi connectivity index (χ3n) is 5.68. The molecule has 0 aromatic carbocycles. The molecule has 26 heavy (non-hydrogen) atoms. The second kappa shape index (κ2) is 8.96. The summed E-state index contributed by atoms with van der Waals surface area (Å²) in [6.07, 6.45) is 15.6. The van der Waals surface area contributed by atoms with Crippen LogP contribution >= 0.6 is 0 Å². The molecule has 1 atom stereocenters. The molecular weight excluding hydrogens is 332 g/mol. The third-order valence-corrected chi connectivity index (χ3v) is 5.68. The summed E-state index contributed by atoms with van der Waals surface area (Å²) in [5.74, 6) is -1.04. The van der Waals surface area contributed by atoms with E-state index >= 15 is 0 Å². The average Bonchev–Trinajstić information content (AvgIpc) is 3.07. The zero-order valence-electron chi connectivity index (χ0n) is 15.7. The molecule has 0 aromatic rings. The largest absolute Gasteiger partial charge is 0.465 e. The van der Waals surface area contributed by atoms with Crippen molar-refractivity contribution < 1.29 is 23.8 Å². The van der Waals surface area contributed by atoms with Gasteiger partial charge in [0.1, 0.15) is 11.7 Å². The maximum absolute atomic E-state index is 12.6. The first kappa shape index (κ1) is 19.3. The number of hydrogen-bond donors (Lipinski definition) is 0. The molecule has 0 amide bonds. The number of rotatable bonds is 5. The van der Waals surface area contributed by atoms with Crippen LogP contribution in [-0.2, 0) is 23.8 Å². The van der Waals surface area contributed by atoms with Crippen LogP contribution in [0.1, 0.15) is 64.2 Å². The van der Waals surface area contributed by atoms with Crippen molar-refractivity contribution in [1.29, 1.82) is 0 Å². The SMILES string of the molecule is COC(=O)/C(=C/C1CCCCC1)C(=O)/C=C/[C@H]1COC2(CCCCC2)O1. The molecule has 5 heteroatoms. The summed E-state index contributed by atoms with van der Waals surface area (Å²) in [5, 5.41) is 0. The van der Waals surface area contributed by atoms with E-state index in [0.29, 0.717) is 6.61 Å². The standard InChI is InChI=1S/C21H30O5/c1-24-20(23)18(14-16-8-4-2-5-9-16)19(22)11-10-17-15-25-21(26-17)12-6-3-7-13-21/h10-11,14,16-17H,2-9,12-13,15H2,1H3/b11-10+,18-14+/t17-/m0/s1. The Balaban J connectivity index is 1.62. The highest BCUT2D eigenvalue weighted by molar-refractivity contribution is 6.21. The van der Waals surface area contributed by atoms with E-state index in [-0.39, 0.29) is 23.4 Å². The van der Waals surface area contributed by atoms with Crippen molar-refractivity contribution in [1.82, 2.24) is 0 Å². The van der Waals surface area contributed by atoms with Crippen LogP contribution in [0.3, 0.4) is 0 Å². The van der Waals surface area contributed by atoms with Gasteiger partial charge in [-0.2, -0.15) is 0 Å². The van der Waals surface area contributed by atoms with Crippen LogP contribution in [0.5, 0.6) is 0 Å². The van der Waals surface area contributed by atoms with Gasteiger partial charge in [0.25, 0.3) is 0 Å². The molecule has 2 saturated carbocycles. The van der Waals surface area contributed by atoms with E-state index in [0.717, 1.165) is 51.4 Å². The Labute approximate surface area is 155 Å². The minimum absolute atomic E-state index is 0.141. The average molecular weight is 362 g/mol. The van der Waals surface area contributed by atoms with Gasteiger partial charge in [0.2, 0.25) is 0 Å². The second-order valence-corrected chi connectivity index (χ2v) is 7.63. The summed E-state index contributed by atoms with van der Waals surface area (Å²) < 4.78 is 16.8.